The Balaban J connectivity index is 2.65. The van der Waals surface area contributed by atoms with Crippen LogP contribution in [0.25, 0.3) is 0 Å². The number of halogens is 3. The van der Waals surface area contributed by atoms with Crippen molar-refractivity contribution in [1.82, 2.24) is 5.06 Å². The number of carbonyl (C=O) groups is 2. The minimum absolute atomic E-state index is 0.0238. The van der Waals surface area contributed by atoms with Crippen LogP contribution in [0.15, 0.2) is 0 Å². The highest BCUT2D eigenvalue weighted by Gasteiger charge is 2.44. The van der Waals surface area contributed by atoms with Crippen LogP contribution in [0.3, 0.4) is 0 Å². The van der Waals surface area contributed by atoms with E-state index in [1.807, 2.05) is 0 Å². The molecular weight excluding hydrogens is 205 g/mol. The fourth-order valence-electron chi connectivity index (χ4n) is 0.820. The molecule has 0 atom stereocenters. The van der Waals surface area contributed by atoms with Crippen LogP contribution in [0.1, 0.15) is 12.8 Å². The Kier molecular flexibility index (Phi) is 2.45. The molecule has 0 aromatic carbocycles. The second-order valence-corrected chi connectivity index (χ2v) is 2.51. The molecule has 0 aliphatic carbocycles. The maximum Gasteiger partial charge on any atom is 0.493 e. The Hall–Kier alpha value is -1.60. The van der Waals surface area contributed by atoms with E-state index in [1.54, 1.807) is 0 Å². The van der Waals surface area contributed by atoms with Crippen molar-refractivity contribution in [3.05, 3.63) is 0 Å². The second-order valence-electron chi connectivity index (χ2n) is 2.51. The molecule has 1 aliphatic heterocycles. The van der Waals surface area contributed by atoms with Crippen molar-refractivity contribution in [1.29, 1.82) is 5.41 Å². The van der Waals surface area contributed by atoms with Crippen molar-refractivity contribution < 1.29 is 27.6 Å². The summed E-state index contributed by atoms with van der Waals surface area (Å²) in [6, 6.07) is 0. The first kappa shape index (κ1) is 10.5. The van der Waals surface area contributed by atoms with E-state index in [4.69, 9.17) is 5.41 Å². The van der Waals surface area contributed by atoms with Crippen molar-refractivity contribution >= 4 is 17.7 Å². The Morgan fingerprint density at radius 3 is 2.36 bits per heavy atom. The highest BCUT2D eigenvalue weighted by molar-refractivity contribution is 6.03. The van der Waals surface area contributed by atoms with Crippen LogP contribution in [0.5, 0.6) is 0 Å². The number of alkyl halides is 3. The zero-order valence-electron chi connectivity index (χ0n) is 6.72. The summed E-state index contributed by atoms with van der Waals surface area (Å²) in [5, 5.41) is 7.06. The van der Waals surface area contributed by atoms with Gasteiger partial charge in [-0.2, -0.15) is 13.2 Å². The van der Waals surface area contributed by atoms with Crippen LogP contribution in [-0.2, 0) is 14.4 Å². The van der Waals surface area contributed by atoms with Gasteiger partial charge in [-0.15, -0.1) is 5.06 Å². The molecule has 0 bridgehead atoms. The third kappa shape index (κ3) is 2.01. The van der Waals surface area contributed by atoms with Gasteiger partial charge in [-0.1, -0.05) is 0 Å². The van der Waals surface area contributed by atoms with Crippen molar-refractivity contribution in [2.75, 3.05) is 0 Å². The van der Waals surface area contributed by atoms with Gasteiger partial charge < -0.3 is 4.84 Å². The second kappa shape index (κ2) is 3.28. The standard InChI is InChI=1S/C6H5F3N2O3/c7-6(8,9)5(13)14-11-3(10)1-2-4(11)12/h10H,1-2H2. The van der Waals surface area contributed by atoms with Gasteiger partial charge in [-0.25, -0.2) is 4.79 Å². The number of nitrogens with zero attached hydrogens (tertiary/aromatic N) is 1. The number of hydrogen-bond donors (Lipinski definition) is 1. The summed E-state index contributed by atoms with van der Waals surface area (Å²) in [6.07, 6.45) is -5.31. The molecule has 0 unspecified atom stereocenters. The van der Waals surface area contributed by atoms with E-state index in [2.05, 4.69) is 4.84 Å². The van der Waals surface area contributed by atoms with E-state index < -0.39 is 23.9 Å². The highest BCUT2D eigenvalue weighted by Crippen LogP contribution is 2.20. The molecule has 5 nitrogen and oxygen atoms in total. The average Bonchev–Trinajstić information content (AvgIpc) is 2.34. The van der Waals surface area contributed by atoms with Gasteiger partial charge in [0.2, 0.25) is 0 Å². The molecule has 1 heterocycles. The van der Waals surface area contributed by atoms with Gasteiger partial charge in [-0.3, -0.25) is 10.2 Å². The maximum absolute atomic E-state index is 11.7. The minimum atomic E-state index is -5.16. The lowest BCUT2D eigenvalue weighted by molar-refractivity contribution is -0.224. The van der Waals surface area contributed by atoms with E-state index in [0.717, 1.165) is 0 Å². The SMILES string of the molecule is N=C1CCC(=O)N1OC(=O)C(F)(F)F. The smallest absolute Gasteiger partial charge is 0.323 e. The third-order valence-electron chi connectivity index (χ3n) is 1.45. The summed E-state index contributed by atoms with van der Waals surface area (Å²) >= 11 is 0. The molecule has 78 valence electrons. The first-order chi connectivity index (χ1) is 6.32. The zero-order chi connectivity index (χ0) is 10.9. The average molecular weight is 210 g/mol. The largest absolute Gasteiger partial charge is 0.493 e. The van der Waals surface area contributed by atoms with Crippen LogP contribution in [0.2, 0.25) is 0 Å². The van der Waals surface area contributed by atoms with Crippen LogP contribution in [0.4, 0.5) is 13.2 Å². The van der Waals surface area contributed by atoms with Crippen molar-refractivity contribution in [2.24, 2.45) is 0 Å². The topological polar surface area (TPSA) is 70.5 Å². The van der Waals surface area contributed by atoms with Crippen LogP contribution >= 0.6 is 0 Å². The van der Waals surface area contributed by atoms with Crippen LogP contribution < -0.4 is 0 Å². The molecule has 0 spiro atoms. The molecule has 1 aliphatic rings. The lowest BCUT2D eigenvalue weighted by atomic mass is 10.4. The van der Waals surface area contributed by atoms with Gasteiger partial charge in [0.1, 0.15) is 5.84 Å². The van der Waals surface area contributed by atoms with E-state index in [9.17, 15) is 22.8 Å². The number of hydroxylamine groups is 2. The number of nitrogens with one attached hydrogen (secondary N) is 1. The van der Waals surface area contributed by atoms with E-state index >= 15 is 0 Å². The third-order valence-corrected chi connectivity index (χ3v) is 1.45. The Morgan fingerprint density at radius 1 is 1.43 bits per heavy atom. The number of hydrogen-bond acceptors (Lipinski definition) is 4. The summed E-state index contributed by atoms with van der Waals surface area (Å²) in [5.74, 6) is -3.78. The Morgan fingerprint density at radius 2 is 2.00 bits per heavy atom. The molecule has 1 rings (SSSR count). The minimum Gasteiger partial charge on any atom is -0.323 e. The summed E-state index contributed by atoms with van der Waals surface area (Å²) in [4.78, 5) is 24.8. The Labute approximate surface area is 75.9 Å². The fourth-order valence-corrected chi connectivity index (χ4v) is 0.820. The van der Waals surface area contributed by atoms with Crippen LogP contribution in [0, 0.1) is 5.41 Å². The molecule has 0 radical (unpaired) electrons. The number of rotatable bonds is 1. The van der Waals surface area contributed by atoms with Gasteiger partial charge in [0.25, 0.3) is 5.91 Å². The van der Waals surface area contributed by atoms with Crippen molar-refractivity contribution in [3.63, 3.8) is 0 Å². The van der Waals surface area contributed by atoms with E-state index in [0.29, 0.717) is 0 Å². The van der Waals surface area contributed by atoms with E-state index in [-0.39, 0.29) is 17.9 Å². The molecular formula is C6H5F3N2O3. The van der Waals surface area contributed by atoms with E-state index in [1.165, 1.54) is 0 Å². The first-order valence-corrected chi connectivity index (χ1v) is 3.52. The number of carbonyl (C=O) groups excluding carboxylic acids is 2. The van der Waals surface area contributed by atoms with Crippen LogP contribution in [-0.4, -0.2) is 29.0 Å². The summed E-state index contributed by atoms with van der Waals surface area (Å²) in [7, 11) is 0. The van der Waals surface area contributed by atoms with Gasteiger partial charge in [0.15, 0.2) is 0 Å². The number of amides is 1. The van der Waals surface area contributed by atoms with Crippen molar-refractivity contribution in [3.8, 4) is 0 Å². The molecule has 8 heteroatoms. The molecule has 14 heavy (non-hydrogen) atoms. The zero-order valence-corrected chi connectivity index (χ0v) is 6.72. The predicted octanol–water partition coefficient (Wildman–Crippen LogP) is 0.607. The molecule has 0 aromatic rings. The summed E-state index contributed by atoms with van der Waals surface area (Å²) < 4.78 is 35.0. The quantitative estimate of drug-likeness (QED) is 0.689. The number of amidine groups is 1. The van der Waals surface area contributed by atoms with Gasteiger partial charge >= 0.3 is 12.1 Å². The first-order valence-electron chi connectivity index (χ1n) is 3.52. The molecule has 1 saturated heterocycles. The Bertz CT molecular complexity index is 283. The maximum atomic E-state index is 11.7. The van der Waals surface area contributed by atoms with Crippen molar-refractivity contribution in [2.45, 2.75) is 19.0 Å². The molecule has 1 fully saturated rings. The van der Waals surface area contributed by atoms with Gasteiger partial charge in [-0.05, 0) is 0 Å². The molecule has 0 aromatic heterocycles. The highest BCUT2D eigenvalue weighted by atomic mass is 19.4. The lowest BCUT2D eigenvalue weighted by Crippen LogP contribution is -2.37. The molecule has 0 saturated carbocycles. The normalized spacial score (nSPS) is 17.5. The molecule has 1 amide bonds. The van der Waals surface area contributed by atoms with Gasteiger partial charge in [0.05, 0.1) is 0 Å². The summed E-state index contributed by atoms with van der Waals surface area (Å²) in [5.41, 5.74) is 0. The summed E-state index contributed by atoms with van der Waals surface area (Å²) in [6.45, 7) is 0. The van der Waals surface area contributed by atoms with Gasteiger partial charge in [0, 0.05) is 12.8 Å². The fraction of sp³-hybridized carbons (Fsp3) is 0.500. The molecule has 1 N–H and O–H groups in total. The predicted molar refractivity (Wildman–Crippen MR) is 36.0 cm³/mol. The lowest BCUT2D eigenvalue weighted by Gasteiger charge is -2.15. The monoisotopic (exact) mass is 210 g/mol.